The molecule has 0 aliphatic heterocycles. The average molecular weight is 559 g/mol. The van der Waals surface area contributed by atoms with Gasteiger partial charge in [0.25, 0.3) is 0 Å². The smallest absolute Gasteiger partial charge is 0.221 e. The molecule has 0 radical (unpaired) electrons. The van der Waals surface area contributed by atoms with Gasteiger partial charge in [-0.1, -0.05) is 67.4 Å². The molecular formula is C26H37Cl2N3O4S. The van der Waals surface area contributed by atoms with Crippen LogP contribution in [0.1, 0.15) is 44.2 Å². The molecule has 0 fully saturated rings. The Morgan fingerprint density at radius 3 is 2.19 bits per heavy atom. The van der Waals surface area contributed by atoms with Crippen LogP contribution < -0.4 is 10.6 Å². The fraction of sp³-hybridized carbons (Fsp3) is 0.500. The second kappa shape index (κ2) is 15.5. The number of amides is 1. The second-order valence-corrected chi connectivity index (χ2v) is 11.8. The number of hydrogen-bond donors (Lipinski definition) is 3. The van der Waals surface area contributed by atoms with Gasteiger partial charge >= 0.3 is 0 Å². The van der Waals surface area contributed by atoms with Crippen molar-refractivity contribution in [3.63, 3.8) is 0 Å². The Morgan fingerprint density at radius 2 is 1.61 bits per heavy atom. The summed E-state index contributed by atoms with van der Waals surface area (Å²) in [5, 5.41) is 17.9. The van der Waals surface area contributed by atoms with E-state index in [9.17, 15) is 18.3 Å². The minimum atomic E-state index is -3.55. The zero-order valence-electron chi connectivity index (χ0n) is 20.9. The van der Waals surface area contributed by atoms with E-state index < -0.39 is 28.1 Å². The lowest BCUT2D eigenvalue weighted by atomic mass is 10.0. The first-order chi connectivity index (χ1) is 17.1. The predicted molar refractivity (Wildman–Crippen MR) is 147 cm³/mol. The summed E-state index contributed by atoms with van der Waals surface area (Å²) in [6, 6.07) is 14.2. The summed E-state index contributed by atoms with van der Waals surface area (Å²) in [5.74, 6) is -0.719. The summed E-state index contributed by atoms with van der Waals surface area (Å²) in [4.78, 5) is 12.8. The number of benzene rings is 2. The summed E-state index contributed by atoms with van der Waals surface area (Å²) in [7, 11) is -3.55. The van der Waals surface area contributed by atoms with Crippen LogP contribution in [0.2, 0.25) is 10.0 Å². The molecule has 0 saturated heterocycles. The van der Waals surface area contributed by atoms with Crippen LogP contribution in [-0.2, 0) is 27.8 Å². The molecule has 36 heavy (non-hydrogen) atoms. The predicted octanol–water partition coefficient (Wildman–Crippen LogP) is 4.01. The van der Waals surface area contributed by atoms with Crippen LogP contribution in [0.25, 0.3) is 0 Å². The van der Waals surface area contributed by atoms with Gasteiger partial charge in [0.05, 0.1) is 17.9 Å². The van der Waals surface area contributed by atoms with E-state index in [2.05, 4.69) is 10.6 Å². The van der Waals surface area contributed by atoms with Crippen molar-refractivity contribution in [3.8, 4) is 0 Å². The van der Waals surface area contributed by atoms with Crippen LogP contribution in [-0.4, -0.2) is 61.3 Å². The first-order valence-corrected chi connectivity index (χ1v) is 14.7. The highest BCUT2D eigenvalue weighted by Gasteiger charge is 2.25. The van der Waals surface area contributed by atoms with Gasteiger partial charge < -0.3 is 15.7 Å². The molecule has 0 saturated carbocycles. The Kier molecular flexibility index (Phi) is 13.2. The third-order valence-electron chi connectivity index (χ3n) is 5.64. The minimum absolute atomic E-state index is 0.191. The fourth-order valence-electron chi connectivity index (χ4n) is 3.89. The van der Waals surface area contributed by atoms with E-state index >= 15 is 0 Å². The van der Waals surface area contributed by atoms with E-state index in [1.807, 2.05) is 44.2 Å². The summed E-state index contributed by atoms with van der Waals surface area (Å²) in [6.07, 6.45) is 0.577. The third kappa shape index (κ3) is 10.7. The molecule has 0 heterocycles. The maximum Gasteiger partial charge on any atom is 0.221 e. The maximum atomic E-state index is 12.8. The Labute approximate surface area is 225 Å². The van der Waals surface area contributed by atoms with E-state index in [0.717, 1.165) is 11.1 Å². The lowest BCUT2D eigenvalue weighted by Crippen LogP contribution is -2.49. The van der Waals surface area contributed by atoms with Gasteiger partial charge in [0.2, 0.25) is 15.9 Å². The van der Waals surface area contributed by atoms with Crippen molar-refractivity contribution in [3.05, 3.63) is 69.7 Å². The molecule has 0 aliphatic carbocycles. The standard InChI is InChI=1S/C26H37Cl2N3O4S/c1-3-11-31(12-4-2)36(34,35)13-10-26(33)30-24(16-21-14-22(27)17-23(28)15-21)25(32)19-29-18-20-8-6-5-7-9-20/h5-9,14-15,17,24-25,29,32H,3-4,10-13,16,18-19H2,1-2H3,(H,30,33)/t24-,25+/m0/s1. The number of carbonyl (C=O) groups excluding carboxylic acids is 1. The Hall–Kier alpha value is -1.68. The Morgan fingerprint density at radius 1 is 1.00 bits per heavy atom. The molecule has 2 aromatic rings. The quantitative estimate of drug-likeness (QED) is 0.289. The van der Waals surface area contributed by atoms with E-state index in [1.165, 1.54) is 4.31 Å². The summed E-state index contributed by atoms with van der Waals surface area (Å²) in [6.45, 7) is 5.50. The van der Waals surface area contributed by atoms with Gasteiger partial charge in [-0.25, -0.2) is 12.7 Å². The van der Waals surface area contributed by atoms with Gasteiger partial charge in [0.15, 0.2) is 0 Å². The van der Waals surface area contributed by atoms with E-state index in [-0.39, 0.29) is 25.1 Å². The lowest BCUT2D eigenvalue weighted by molar-refractivity contribution is -0.122. The van der Waals surface area contributed by atoms with Crippen LogP contribution in [0.3, 0.4) is 0 Å². The highest BCUT2D eigenvalue weighted by molar-refractivity contribution is 7.89. The van der Waals surface area contributed by atoms with Gasteiger partial charge in [0, 0.05) is 42.6 Å². The molecule has 0 aliphatic rings. The Balaban J connectivity index is 2.05. The number of aliphatic hydroxyl groups excluding tert-OH is 1. The number of halogens is 2. The number of rotatable bonds is 16. The lowest BCUT2D eigenvalue weighted by Gasteiger charge is -2.25. The molecule has 2 rings (SSSR count). The number of carbonyl (C=O) groups is 1. The molecule has 200 valence electrons. The zero-order valence-corrected chi connectivity index (χ0v) is 23.2. The van der Waals surface area contributed by atoms with Crippen molar-refractivity contribution < 1.29 is 18.3 Å². The molecule has 7 nitrogen and oxygen atoms in total. The molecular weight excluding hydrogens is 521 g/mol. The van der Waals surface area contributed by atoms with Crippen LogP contribution >= 0.6 is 23.2 Å². The first-order valence-electron chi connectivity index (χ1n) is 12.3. The normalized spacial score (nSPS) is 13.5. The largest absolute Gasteiger partial charge is 0.390 e. The monoisotopic (exact) mass is 557 g/mol. The SMILES string of the molecule is CCCN(CCC)S(=O)(=O)CCC(=O)N[C@@H](Cc1cc(Cl)cc(Cl)c1)[C@H](O)CNCc1ccccc1. The number of nitrogens with zero attached hydrogens (tertiary/aromatic N) is 1. The molecule has 10 heteroatoms. The topological polar surface area (TPSA) is 98.7 Å². The third-order valence-corrected chi connectivity index (χ3v) is 7.95. The van der Waals surface area contributed by atoms with Gasteiger partial charge in [-0.3, -0.25) is 4.79 Å². The summed E-state index contributed by atoms with van der Waals surface area (Å²) in [5.41, 5.74) is 1.82. The minimum Gasteiger partial charge on any atom is -0.390 e. The van der Waals surface area contributed by atoms with Crippen molar-refractivity contribution in [2.24, 2.45) is 0 Å². The highest BCUT2D eigenvalue weighted by Crippen LogP contribution is 2.20. The molecule has 3 N–H and O–H groups in total. The molecule has 0 aromatic heterocycles. The van der Waals surface area contributed by atoms with Crippen molar-refractivity contribution in [2.75, 3.05) is 25.4 Å². The molecule has 0 spiro atoms. The van der Waals surface area contributed by atoms with Gasteiger partial charge in [-0.15, -0.1) is 0 Å². The maximum absolute atomic E-state index is 12.8. The number of nitrogens with one attached hydrogen (secondary N) is 2. The van der Waals surface area contributed by atoms with Crippen LogP contribution in [0.15, 0.2) is 48.5 Å². The van der Waals surface area contributed by atoms with Crippen LogP contribution in [0.5, 0.6) is 0 Å². The summed E-state index contributed by atoms with van der Waals surface area (Å²) >= 11 is 12.3. The first kappa shape index (κ1) is 30.5. The molecule has 0 unspecified atom stereocenters. The Bertz CT molecular complexity index is 1030. The molecule has 0 bridgehead atoms. The average Bonchev–Trinajstić information content (AvgIpc) is 2.82. The molecule has 1 amide bonds. The van der Waals surface area contributed by atoms with E-state index in [1.54, 1.807) is 18.2 Å². The fourth-order valence-corrected chi connectivity index (χ4v) is 6.08. The van der Waals surface area contributed by atoms with Gasteiger partial charge in [-0.05, 0) is 48.6 Å². The van der Waals surface area contributed by atoms with Crippen LogP contribution in [0.4, 0.5) is 0 Å². The van der Waals surface area contributed by atoms with Crippen molar-refractivity contribution in [1.29, 1.82) is 0 Å². The zero-order chi connectivity index (χ0) is 26.6. The number of hydrogen-bond acceptors (Lipinski definition) is 5. The molecule has 2 atom stereocenters. The highest BCUT2D eigenvalue weighted by atomic mass is 35.5. The molecule has 2 aromatic carbocycles. The van der Waals surface area contributed by atoms with Crippen molar-refractivity contribution >= 4 is 39.1 Å². The number of aliphatic hydroxyl groups is 1. The van der Waals surface area contributed by atoms with Gasteiger partial charge in [0.1, 0.15) is 0 Å². The van der Waals surface area contributed by atoms with E-state index in [0.29, 0.717) is 42.5 Å². The number of sulfonamides is 1. The van der Waals surface area contributed by atoms with Crippen molar-refractivity contribution in [1.82, 2.24) is 14.9 Å². The van der Waals surface area contributed by atoms with Crippen molar-refractivity contribution in [2.45, 2.75) is 58.2 Å². The van der Waals surface area contributed by atoms with E-state index in [4.69, 9.17) is 23.2 Å². The van der Waals surface area contributed by atoms with Gasteiger partial charge in [-0.2, -0.15) is 0 Å². The van der Waals surface area contributed by atoms with Crippen LogP contribution in [0, 0.1) is 0 Å². The summed E-state index contributed by atoms with van der Waals surface area (Å²) < 4.78 is 26.9. The second-order valence-electron chi connectivity index (χ2n) is 8.80.